The van der Waals surface area contributed by atoms with Crippen LogP contribution in [0.1, 0.15) is 21.5 Å². The molecule has 2 aromatic carbocycles. The van der Waals surface area contributed by atoms with Crippen molar-refractivity contribution in [3.63, 3.8) is 0 Å². The predicted octanol–water partition coefficient (Wildman–Crippen LogP) is 2.51. The zero-order valence-electron chi connectivity index (χ0n) is 12.4. The fourth-order valence-corrected chi connectivity index (χ4v) is 2.04. The number of hydrogen-bond donors (Lipinski definition) is 1. The van der Waals surface area contributed by atoms with E-state index < -0.39 is 0 Å². The van der Waals surface area contributed by atoms with Crippen LogP contribution in [0.5, 0.6) is 11.5 Å². The van der Waals surface area contributed by atoms with Gasteiger partial charge in [0.1, 0.15) is 0 Å². The molecule has 0 aliphatic carbocycles. The molecule has 0 atom stereocenters. The summed E-state index contributed by atoms with van der Waals surface area (Å²) < 4.78 is 10.4. The van der Waals surface area contributed by atoms with Gasteiger partial charge in [-0.25, -0.2) is 0 Å². The number of carbonyl (C=O) groups is 1. The molecule has 0 radical (unpaired) electrons. The Labute approximate surface area is 129 Å². The van der Waals surface area contributed by atoms with E-state index >= 15 is 0 Å². The van der Waals surface area contributed by atoms with E-state index in [1.807, 2.05) is 12.1 Å². The number of nitrogens with one attached hydrogen (secondary N) is 1. The summed E-state index contributed by atoms with van der Waals surface area (Å²) >= 11 is 0. The van der Waals surface area contributed by atoms with E-state index in [4.69, 9.17) is 14.7 Å². The first kappa shape index (κ1) is 15.4. The summed E-state index contributed by atoms with van der Waals surface area (Å²) in [6, 6.07) is 14.2. The highest BCUT2D eigenvalue weighted by atomic mass is 16.5. The van der Waals surface area contributed by atoms with E-state index in [0.29, 0.717) is 29.2 Å². The SMILES string of the molecule is COc1cccc(C(=O)NCc2ccc(C#N)cc2)c1OC. The summed E-state index contributed by atoms with van der Waals surface area (Å²) in [7, 11) is 3.02. The Balaban J connectivity index is 2.10. The second-order valence-corrected chi connectivity index (χ2v) is 4.53. The monoisotopic (exact) mass is 296 g/mol. The standard InChI is InChI=1S/C17H16N2O3/c1-21-15-5-3-4-14(16(15)22-2)17(20)19-11-13-8-6-12(10-18)7-9-13/h3-9H,11H2,1-2H3,(H,19,20). The minimum absolute atomic E-state index is 0.250. The quantitative estimate of drug-likeness (QED) is 0.920. The zero-order chi connectivity index (χ0) is 15.9. The summed E-state index contributed by atoms with van der Waals surface area (Å²) in [5.41, 5.74) is 1.91. The Bertz CT molecular complexity index is 703. The Morgan fingerprint density at radius 3 is 2.45 bits per heavy atom. The van der Waals surface area contributed by atoms with Crippen LogP contribution >= 0.6 is 0 Å². The molecule has 1 N–H and O–H groups in total. The van der Waals surface area contributed by atoms with Crippen molar-refractivity contribution in [2.75, 3.05) is 14.2 Å². The fraction of sp³-hybridized carbons (Fsp3) is 0.176. The molecule has 0 spiro atoms. The minimum Gasteiger partial charge on any atom is -0.493 e. The summed E-state index contributed by atoms with van der Waals surface area (Å²) in [6.07, 6.45) is 0. The third-order valence-corrected chi connectivity index (χ3v) is 3.18. The lowest BCUT2D eigenvalue weighted by atomic mass is 10.1. The average Bonchev–Trinajstić information content (AvgIpc) is 2.59. The molecule has 0 saturated carbocycles. The van der Waals surface area contributed by atoms with Crippen LogP contribution in [-0.2, 0) is 6.54 Å². The number of nitriles is 1. The van der Waals surface area contributed by atoms with Crippen molar-refractivity contribution in [2.24, 2.45) is 0 Å². The number of carbonyl (C=O) groups excluding carboxylic acids is 1. The molecule has 0 saturated heterocycles. The molecule has 2 rings (SSSR count). The van der Waals surface area contributed by atoms with E-state index in [-0.39, 0.29) is 5.91 Å². The number of nitrogens with zero attached hydrogens (tertiary/aromatic N) is 1. The number of para-hydroxylation sites is 1. The van der Waals surface area contributed by atoms with Gasteiger partial charge in [0, 0.05) is 6.54 Å². The number of ether oxygens (including phenoxy) is 2. The Morgan fingerprint density at radius 1 is 1.14 bits per heavy atom. The molecule has 112 valence electrons. The zero-order valence-corrected chi connectivity index (χ0v) is 12.4. The largest absolute Gasteiger partial charge is 0.493 e. The van der Waals surface area contributed by atoms with E-state index in [1.165, 1.54) is 14.2 Å². The number of rotatable bonds is 5. The second-order valence-electron chi connectivity index (χ2n) is 4.53. The van der Waals surface area contributed by atoms with Crippen LogP contribution in [0.25, 0.3) is 0 Å². The minimum atomic E-state index is -0.250. The summed E-state index contributed by atoms with van der Waals surface area (Å²) in [5.74, 6) is 0.663. The molecule has 5 heteroatoms. The van der Waals surface area contributed by atoms with Gasteiger partial charge in [0.15, 0.2) is 11.5 Å². The molecule has 0 aromatic heterocycles. The Hall–Kier alpha value is -3.00. The molecule has 0 aliphatic heterocycles. The maximum Gasteiger partial charge on any atom is 0.255 e. The lowest BCUT2D eigenvalue weighted by molar-refractivity contribution is 0.0947. The van der Waals surface area contributed by atoms with Gasteiger partial charge in [-0.05, 0) is 29.8 Å². The van der Waals surface area contributed by atoms with Gasteiger partial charge in [0.2, 0.25) is 0 Å². The molecule has 0 heterocycles. The summed E-state index contributed by atoms with van der Waals surface area (Å²) in [6.45, 7) is 0.366. The molecule has 0 unspecified atom stereocenters. The van der Waals surface area contributed by atoms with Crippen molar-refractivity contribution in [3.05, 3.63) is 59.2 Å². The molecule has 5 nitrogen and oxygen atoms in total. The van der Waals surface area contributed by atoms with Crippen LogP contribution in [0.2, 0.25) is 0 Å². The van der Waals surface area contributed by atoms with Crippen molar-refractivity contribution in [2.45, 2.75) is 6.54 Å². The van der Waals surface area contributed by atoms with Crippen LogP contribution in [-0.4, -0.2) is 20.1 Å². The van der Waals surface area contributed by atoms with Gasteiger partial charge in [-0.1, -0.05) is 18.2 Å². The molecule has 0 bridgehead atoms. The molecular weight excluding hydrogens is 280 g/mol. The molecule has 2 aromatic rings. The molecular formula is C17H16N2O3. The van der Waals surface area contributed by atoms with E-state index in [2.05, 4.69) is 11.4 Å². The molecule has 22 heavy (non-hydrogen) atoms. The number of hydrogen-bond acceptors (Lipinski definition) is 4. The lowest BCUT2D eigenvalue weighted by Crippen LogP contribution is -2.23. The van der Waals surface area contributed by atoms with Crippen molar-refractivity contribution in [1.29, 1.82) is 5.26 Å². The van der Waals surface area contributed by atoms with Gasteiger partial charge in [0.05, 0.1) is 31.4 Å². The van der Waals surface area contributed by atoms with Gasteiger partial charge in [0.25, 0.3) is 5.91 Å². The van der Waals surface area contributed by atoms with E-state index in [9.17, 15) is 4.79 Å². The van der Waals surface area contributed by atoms with Gasteiger partial charge < -0.3 is 14.8 Å². The first-order chi connectivity index (χ1) is 10.7. The first-order valence-corrected chi connectivity index (χ1v) is 6.67. The van der Waals surface area contributed by atoms with Crippen molar-refractivity contribution in [1.82, 2.24) is 5.32 Å². The highest BCUT2D eigenvalue weighted by Gasteiger charge is 2.15. The van der Waals surface area contributed by atoms with Crippen LogP contribution in [0.15, 0.2) is 42.5 Å². The van der Waals surface area contributed by atoms with Crippen molar-refractivity contribution < 1.29 is 14.3 Å². The molecule has 0 aliphatic rings. The smallest absolute Gasteiger partial charge is 0.255 e. The van der Waals surface area contributed by atoms with Gasteiger partial charge in [-0.2, -0.15) is 5.26 Å². The van der Waals surface area contributed by atoms with E-state index in [1.54, 1.807) is 30.3 Å². The molecule has 0 fully saturated rings. The van der Waals surface area contributed by atoms with E-state index in [0.717, 1.165) is 5.56 Å². The summed E-state index contributed by atoms with van der Waals surface area (Å²) in [4.78, 5) is 12.3. The van der Waals surface area contributed by atoms with Crippen LogP contribution in [0.3, 0.4) is 0 Å². The number of methoxy groups -OCH3 is 2. The molecule has 1 amide bonds. The second kappa shape index (κ2) is 7.14. The van der Waals surface area contributed by atoms with Crippen LogP contribution in [0, 0.1) is 11.3 Å². The lowest BCUT2D eigenvalue weighted by Gasteiger charge is -2.12. The van der Waals surface area contributed by atoms with Crippen LogP contribution < -0.4 is 14.8 Å². The van der Waals surface area contributed by atoms with Crippen LogP contribution in [0.4, 0.5) is 0 Å². The third-order valence-electron chi connectivity index (χ3n) is 3.18. The highest BCUT2D eigenvalue weighted by Crippen LogP contribution is 2.30. The number of benzene rings is 2. The topological polar surface area (TPSA) is 71.3 Å². The normalized spacial score (nSPS) is 9.68. The van der Waals surface area contributed by atoms with Crippen molar-refractivity contribution >= 4 is 5.91 Å². The maximum absolute atomic E-state index is 12.3. The van der Waals surface area contributed by atoms with Crippen molar-refractivity contribution in [3.8, 4) is 17.6 Å². The predicted molar refractivity (Wildman–Crippen MR) is 81.9 cm³/mol. The van der Waals surface area contributed by atoms with Gasteiger partial charge >= 0.3 is 0 Å². The third kappa shape index (κ3) is 3.36. The maximum atomic E-state index is 12.3. The number of amides is 1. The highest BCUT2D eigenvalue weighted by molar-refractivity contribution is 5.97. The Kier molecular flexibility index (Phi) is 4.99. The summed E-state index contributed by atoms with van der Waals surface area (Å²) in [5, 5.41) is 11.6. The Morgan fingerprint density at radius 2 is 1.86 bits per heavy atom. The first-order valence-electron chi connectivity index (χ1n) is 6.67. The average molecular weight is 296 g/mol. The fourth-order valence-electron chi connectivity index (χ4n) is 2.04. The van der Waals surface area contributed by atoms with Gasteiger partial charge in [-0.15, -0.1) is 0 Å². The van der Waals surface area contributed by atoms with Gasteiger partial charge in [-0.3, -0.25) is 4.79 Å².